The smallest absolute Gasteiger partial charge is 0.323 e. The zero-order valence-electron chi connectivity index (χ0n) is 11.6. The first-order valence-corrected chi connectivity index (χ1v) is 6.98. The molecule has 0 saturated carbocycles. The molecule has 0 aromatic heterocycles. The van der Waals surface area contributed by atoms with Crippen LogP contribution in [0.2, 0.25) is 0 Å². The second-order valence-electron chi connectivity index (χ2n) is 4.46. The van der Waals surface area contributed by atoms with Crippen molar-refractivity contribution >= 4 is 5.97 Å². The Kier molecular flexibility index (Phi) is 7.96. The minimum Gasteiger partial charge on any atom is -0.465 e. The van der Waals surface area contributed by atoms with Crippen LogP contribution in [0.5, 0.6) is 0 Å². The highest BCUT2D eigenvalue weighted by molar-refractivity contribution is 5.75. The van der Waals surface area contributed by atoms with Gasteiger partial charge in [0.25, 0.3) is 0 Å². The van der Waals surface area contributed by atoms with Crippen LogP contribution in [-0.2, 0) is 14.3 Å². The molecular weight excluding hydrogens is 232 g/mol. The van der Waals surface area contributed by atoms with E-state index < -0.39 is 0 Å². The fourth-order valence-electron chi connectivity index (χ4n) is 2.13. The van der Waals surface area contributed by atoms with Crippen molar-refractivity contribution in [2.45, 2.75) is 32.7 Å². The van der Waals surface area contributed by atoms with E-state index in [1.165, 1.54) is 0 Å². The summed E-state index contributed by atoms with van der Waals surface area (Å²) in [5.41, 5.74) is 0. The van der Waals surface area contributed by atoms with Crippen LogP contribution in [0.15, 0.2) is 0 Å². The van der Waals surface area contributed by atoms with Crippen molar-refractivity contribution in [3.8, 4) is 0 Å². The molecule has 18 heavy (non-hydrogen) atoms. The van der Waals surface area contributed by atoms with Crippen molar-refractivity contribution in [1.29, 1.82) is 0 Å². The summed E-state index contributed by atoms with van der Waals surface area (Å²) in [5.74, 6) is -0.134. The fraction of sp³-hybridized carbons (Fsp3) is 0.923. The van der Waals surface area contributed by atoms with Gasteiger partial charge in [0, 0.05) is 26.2 Å². The van der Waals surface area contributed by atoms with Gasteiger partial charge in [0.05, 0.1) is 13.2 Å². The number of rotatable bonds is 7. The molecule has 0 aromatic rings. The minimum atomic E-state index is -0.181. The standard InChI is InChI=1S/C13H26N2O3/c1-3-14-12(13(16)18-4-2)6-8-15-7-5-10-17-11-9-15/h12,14H,3-11H2,1-2H3. The highest BCUT2D eigenvalue weighted by Gasteiger charge is 2.20. The van der Waals surface area contributed by atoms with Gasteiger partial charge in [0.1, 0.15) is 6.04 Å². The van der Waals surface area contributed by atoms with Crippen LogP contribution < -0.4 is 5.32 Å². The maximum Gasteiger partial charge on any atom is 0.323 e. The predicted molar refractivity (Wildman–Crippen MR) is 70.6 cm³/mol. The number of hydrogen-bond acceptors (Lipinski definition) is 5. The zero-order valence-corrected chi connectivity index (χ0v) is 11.6. The average Bonchev–Trinajstić information content (AvgIpc) is 2.63. The molecule has 0 spiro atoms. The van der Waals surface area contributed by atoms with Crippen molar-refractivity contribution in [3.05, 3.63) is 0 Å². The van der Waals surface area contributed by atoms with Crippen LogP contribution in [0, 0.1) is 0 Å². The topological polar surface area (TPSA) is 50.8 Å². The largest absolute Gasteiger partial charge is 0.465 e. The molecule has 1 fully saturated rings. The van der Waals surface area contributed by atoms with Gasteiger partial charge in [-0.2, -0.15) is 0 Å². The number of carbonyl (C=O) groups is 1. The Morgan fingerprint density at radius 1 is 1.39 bits per heavy atom. The molecule has 1 N–H and O–H groups in total. The van der Waals surface area contributed by atoms with E-state index in [2.05, 4.69) is 10.2 Å². The first-order chi connectivity index (χ1) is 8.77. The summed E-state index contributed by atoms with van der Waals surface area (Å²) in [6.07, 6.45) is 1.87. The molecule has 5 heteroatoms. The Balaban J connectivity index is 2.33. The monoisotopic (exact) mass is 258 g/mol. The van der Waals surface area contributed by atoms with E-state index in [0.717, 1.165) is 52.2 Å². The van der Waals surface area contributed by atoms with Crippen LogP contribution >= 0.6 is 0 Å². The SMILES string of the molecule is CCNC(CCN1CCCOCC1)C(=O)OCC. The van der Waals surface area contributed by atoms with E-state index >= 15 is 0 Å². The van der Waals surface area contributed by atoms with Crippen LogP contribution in [-0.4, -0.2) is 62.9 Å². The van der Waals surface area contributed by atoms with E-state index in [-0.39, 0.29) is 12.0 Å². The normalized spacial score (nSPS) is 19.2. The first kappa shape index (κ1) is 15.4. The maximum atomic E-state index is 11.7. The lowest BCUT2D eigenvalue weighted by Gasteiger charge is -2.22. The number of likely N-dealkylation sites (N-methyl/N-ethyl adjacent to an activating group) is 1. The van der Waals surface area contributed by atoms with Crippen molar-refractivity contribution in [1.82, 2.24) is 10.2 Å². The summed E-state index contributed by atoms with van der Waals surface area (Å²) in [5, 5.41) is 3.19. The molecule has 0 bridgehead atoms. The lowest BCUT2D eigenvalue weighted by Crippen LogP contribution is -2.41. The molecule has 0 radical (unpaired) electrons. The van der Waals surface area contributed by atoms with E-state index in [9.17, 15) is 4.79 Å². The molecule has 0 aliphatic carbocycles. The van der Waals surface area contributed by atoms with Gasteiger partial charge in [-0.25, -0.2) is 0 Å². The first-order valence-electron chi connectivity index (χ1n) is 6.98. The van der Waals surface area contributed by atoms with Crippen molar-refractivity contribution in [2.24, 2.45) is 0 Å². The molecule has 1 heterocycles. The van der Waals surface area contributed by atoms with Crippen LogP contribution in [0.25, 0.3) is 0 Å². The molecule has 106 valence electrons. The number of nitrogens with one attached hydrogen (secondary N) is 1. The Hall–Kier alpha value is -0.650. The molecule has 0 aromatic carbocycles. The minimum absolute atomic E-state index is 0.134. The predicted octanol–water partition coefficient (Wildman–Crippen LogP) is 0.640. The Labute approximate surface area is 110 Å². The molecule has 1 unspecified atom stereocenters. The molecule has 5 nitrogen and oxygen atoms in total. The van der Waals surface area contributed by atoms with Crippen molar-refractivity contribution < 1.29 is 14.3 Å². The molecule has 1 atom stereocenters. The average molecular weight is 258 g/mol. The summed E-state index contributed by atoms with van der Waals surface area (Å²) in [6, 6.07) is -0.181. The summed E-state index contributed by atoms with van der Waals surface area (Å²) >= 11 is 0. The maximum absolute atomic E-state index is 11.7. The number of carbonyl (C=O) groups excluding carboxylic acids is 1. The van der Waals surface area contributed by atoms with Crippen LogP contribution in [0.4, 0.5) is 0 Å². The second kappa shape index (κ2) is 9.30. The Morgan fingerprint density at radius 3 is 2.94 bits per heavy atom. The lowest BCUT2D eigenvalue weighted by molar-refractivity contribution is -0.145. The molecule has 1 rings (SSSR count). The highest BCUT2D eigenvalue weighted by atomic mass is 16.5. The quantitative estimate of drug-likeness (QED) is 0.679. The Bertz CT molecular complexity index is 228. The third-order valence-electron chi connectivity index (χ3n) is 3.07. The van der Waals surface area contributed by atoms with Gasteiger partial charge in [-0.05, 0) is 26.3 Å². The summed E-state index contributed by atoms with van der Waals surface area (Å²) in [4.78, 5) is 14.1. The number of ether oxygens (including phenoxy) is 2. The number of esters is 1. The molecular formula is C13H26N2O3. The van der Waals surface area contributed by atoms with Gasteiger partial charge in [-0.1, -0.05) is 6.92 Å². The van der Waals surface area contributed by atoms with Gasteiger partial charge in [0.2, 0.25) is 0 Å². The van der Waals surface area contributed by atoms with E-state index in [1.807, 2.05) is 13.8 Å². The van der Waals surface area contributed by atoms with Crippen LogP contribution in [0.1, 0.15) is 26.7 Å². The van der Waals surface area contributed by atoms with E-state index in [1.54, 1.807) is 0 Å². The van der Waals surface area contributed by atoms with E-state index in [0.29, 0.717) is 6.61 Å². The van der Waals surface area contributed by atoms with Gasteiger partial charge in [0.15, 0.2) is 0 Å². The lowest BCUT2D eigenvalue weighted by atomic mass is 10.2. The van der Waals surface area contributed by atoms with Gasteiger partial charge >= 0.3 is 5.97 Å². The molecule has 1 saturated heterocycles. The number of hydrogen-bond donors (Lipinski definition) is 1. The van der Waals surface area contributed by atoms with Gasteiger partial charge < -0.3 is 19.7 Å². The van der Waals surface area contributed by atoms with Crippen LogP contribution in [0.3, 0.4) is 0 Å². The molecule has 0 amide bonds. The number of nitrogens with zero attached hydrogens (tertiary/aromatic N) is 1. The summed E-state index contributed by atoms with van der Waals surface area (Å²) in [6.45, 7) is 9.66. The highest BCUT2D eigenvalue weighted by Crippen LogP contribution is 2.03. The van der Waals surface area contributed by atoms with Gasteiger partial charge in [-0.3, -0.25) is 4.79 Å². The third-order valence-corrected chi connectivity index (χ3v) is 3.07. The molecule has 1 aliphatic rings. The fourth-order valence-corrected chi connectivity index (χ4v) is 2.13. The molecule has 1 aliphatic heterocycles. The summed E-state index contributed by atoms with van der Waals surface area (Å²) in [7, 11) is 0. The Morgan fingerprint density at radius 2 is 2.22 bits per heavy atom. The van der Waals surface area contributed by atoms with Crippen molar-refractivity contribution in [3.63, 3.8) is 0 Å². The third kappa shape index (κ3) is 5.80. The second-order valence-corrected chi connectivity index (χ2v) is 4.46. The zero-order chi connectivity index (χ0) is 13.2. The van der Waals surface area contributed by atoms with Gasteiger partial charge in [-0.15, -0.1) is 0 Å². The van der Waals surface area contributed by atoms with E-state index in [4.69, 9.17) is 9.47 Å². The summed E-state index contributed by atoms with van der Waals surface area (Å²) < 4.78 is 10.5. The van der Waals surface area contributed by atoms with Crippen molar-refractivity contribution in [2.75, 3.05) is 46.0 Å².